The number of nitrogens with one attached hydrogen (secondary N) is 1. The first-order valence-electron chi connectivity index (χ1n) is 8.13. The second kappa shape index (κ2) is 9.06. The Balaban J connectivity index is 1.68. The number of carbonyl (C=O) groups excluding carboxylic acids is 1. The van der Waals surface area contributed by atoms with Crippen molar-refractivity contribution in [2.24, 2.45) is 0 Å². The fraction of sp³-hybridized carbons (Fsp3) is 0.368. The minimum absolute atomic E-state index is 0.0602. The van der Waals surface area contributed by atoms with Gasteiger partial charge in [0.05, 0.1) is 0 Å². The first-order valence-corrected chi connectivity index (χ1v) is 8.13. The van der Waals surface area contributed by atoms with Crippen LogP contribution < -0.4 is 5.32 Å². The number of likely N-dealkylation sites (N-methyl/N-ethyl adjacent to an activating group) is 1. The molecule has 1 aromatic heterocycles. The molecular weight excluding hydrogens is 286 g/mol. The van der Waals surface area contributed by atoms with Gasteiger partial charge in [0.2, 0.25) is 5.91 Å². The average Bonchev–Trinajstić information content (AvgIpc) is 2.60. The van der Waals surface area contributed by atoms with E-state index < -0.39 is 0 Å². The van der Waals surface area contributed by atoms with Crippen LogP contribution in [-0.2, 0) is 17.6 Å². The highest BCUT2D eigenvalue weighted by Crippen LogP contribution is 2.10. The van der Waals surface area contributed by atoms with Gasteiger partial charge in [0.25, 0.3) is 0 Å². The number of carbonyl (C=O) groups is 1. The van der Waals surface area contributed by atoms with E-state index in [1.807, 2.05) is 43.7 Å². The van der Waals surface area contributed by atoms with Crippen molar-refractivity contribution in [3.8, 4) is 0 Å². The third-order valence-electron chi connectivity index (χ3n) is 3.90. The van der Waals surface area contributed by atoms with E-state index in [0.29, 0.717) is 6.42 Å². The molecule has 1 aromatic carbocycles. The second-order valence-corrected chi connectivity index (χ2v) is 5.76. The number of hydrogen-bond donors (Lipinski definition) is 1. The Bertz CT molecular complexity index is 596. The maximum Gasteiger partial charge on any atom is 0.225 e. The van der Waals surface area contributed by atoms with Crippen LogP contribution in [0.1, 0.15) is 24.5 Å². The van der Waals surface area contributed by atoms with Crippen LogP contribution >= 0.6 is 0 Å². The lowest BCUT2D eigenvalue weighted by molar-refractivity contribution is -0.116. The maximum absolute atomic E-state index is 12.0. The number of rotatable bonds is 8. The number of amides is 1. The Hall–Kier alpha value is -2.20. The maximum atomic E-state index is 12.0. The molecule has 4 nitrogen and oxygen atoms in total. The van der Waals surface area contributed by atoms with Crippen molar-refractivity contribution in [2.75, 3.05) is 25.5 Å². The predicted octanol–water partition coefficient (Wildman–Crippen LogP) is 3.15. The van der Waals surface area contributed by atoms with Crippen molar-refractivity contribution in [1.82, 2.24) is 9.88 Å². The van der Waals surface area contributed by atoms with E-state index in [1.54, 1.807) is 0 Å². The van der Waals surface area contributed by atoms with Crippen molar-refractivity contribution >= 4 is 11.6 Å². The largest absolute Gasteiger partial charge is 0.326 e. The molecule has 4 heteroatoms. The molecule has 0 aliphatic heterocycles. The Morgan fingerprint density at radius 2 is 1.74 bits per heavy atom. The Kier molecular flexibility index (Phi) is 6.76. The van der Waals surface area contributed by atoms with Gasteiger partial charge in [-0.25, -0.2) is 0 Å². The van der Waals surface area contributed by atoms with E-state index in [4.69, 9.17) is 0 Å². The molecule has 1 N–H and O–H groups in total. The van der Waals surface area contributed by atoms with Gasteiger partial charge in [-0.1, -0.05) is 19.1 Å². The summed E-state index contributed by atoms with van der Waals surface area (Å²) >= 11 is 0. The van der Waals surface area contributed by atoms with E-state index in [1.165, 1.54) is 11.1 Å². The Morgan fingerprint density at radius 3 is 2.39 bits per heavy atom. The Labute approximate surface area is 138 Å². The summed E-state index contributed by atoms with van der Waals surface area (Å²) in [4.78, 5) is 18.2. The fourth-order valence-electron chi connectivity index (χ4n) is 2.32. The lowest BCUT2D eigenvalue weighted by atomic mass is 10.1. The van der Waals surface area contributed by atoms with Crippen molar-refractivity contribution in [3.05, 3.63) is 59.9 Å². The number of aryl methyl sites for hydroxylation is 1. The summed E-state index contributed by atoms with van der Waals surface area (Å²) in [5, 5.41) is 2.95. The fourth-order valence-corrected chi connectivity index (χ4v) is 2.32. The molecule has 122 valence electrons. The van der Waals surface area contributed by atoms with Gasteiger partial charge in [0.1, 0.15) is 0 Å². The number of anilines is 1. The second-order valence-electron chi connectivity index (χ2n) is 5.76. The highest BCUT2D eigenvalue weighted by Gasteiger charge is 2.05. The number of nitrogens with zero attached hydrogens (tertiary/aromatic N) is 2. The summed E-state index contributed by atoms with van der Waals surface area (Å²) in [6.45, 7) is 3.81. The van der Waals surface area contributed by atoms with Crippen LogP contribution in [-0.4, -0.2) is 35.9 Å². The highest BCUT2D eigenvalue weighted by molar-refractivity contribution is 5.90. The minimum atomic E-state index is 0.0602. The van der Waals surface area contributed by atoms with Crippen LogP contribution in [0.25, 0.3) is 0 Å². The monoisotopic (exact) mass is 311 g/mol. The molecule has 0 aliphatic rings. The third kappa shape index (κ3) is 6.20. The topological polar surface area (TPSA) is 45.2 Å². The van der Waals surface area contributed by atoms with Crippen LogP contribution in [0.4, 0.5) is 5.69 Å². The molecule has 23 heavy (non-hydrogen) atoms. The molecule has 2 aromatic rings. The number of benzene rings is 1. The van der Waals surface area contributed by atoms with Crippen LogP contribution in [0.3, 0.4) is 0 Å². The van der Waals surface area contributed by atoms with E-state index in [-0.39, 0.29) is 5.91 Å². The van der Waals surface area contributed by atoms with Crippen LogP contribution in [0.2, 0.25) is 0 Å². The van der Waals surface area contributed by atoms with Gasteiger partial charge in [-0.3, -0.25) is 9.78 Å². The van der Waals surface area contributed by atoms with Crippen molar-refractivity contribution in [1.29, 1.82) is 0 Å². The molecule has 0 saturated heterocycles. The number of hydrogen-bond acceptors (Lipinski definition) is 3. The van der Waals surface area contributed by atoms with Crippen LogP contribution in [0.15, 0.2) is 48.8 Å². The summed E-state index contributed by atoms with van der Waals surface area (Å²) < 4.78 is 0. The minimum Gasteiger partial charge on any atom is -0.326 e. The van der Waals surface area contributed by atoms with Crippen molar-refractivity contribution in [3.63, 3.8) is 0 Å². The van der Waals surface area contributed by atoms with Crippen LogP contribution in [0, 0.1) is 0 Å². The van der Waals surface area contributed by atoms with E-state index in [0.717, 1.165) is 31.6 Å². The summed E-state index contributed by atoms with van der Waals surface area (Å²) in [5.41, 5.74) is 3.41. The molecule has 0 radical (unpaired) electrons. The van der Waals surface area contributed by atoms with Gasteiger partial charge < -0.3 is 10.2 Å². The zero-order chi connectivity index (χ0) is 16.5. The molecule has 0 aliphatic carbocycles. The SMILES string of the molecule is CCc1ccc(NC(=O)CCN(C)CCc2ccncc2)cc1. The molecule has 0 fully saturated rings. The molecule has 0 spiro atoms. The predicted molar refractivity (Wildman–Crippen MR) is 94.5 cm³/mol. The summed E-state index contributed by atoms with van der Waals surface area (Å²) in [6.07, 6.45) is 6.11. The first-order chi connectivity index (χ1) is 11.2. The number of aromatic nitrogens is 1. The smallest absolute Gasteiger partial charge is 0.225 e. The van der Waals surface area contributed by atoms with Crippen molar-refractivity contribution < 1.29 is 4.79 Å². The molecule has 0 bridgehead atoms. The lowest BCUT2D eigenvalue weighted by Gasteiger charge is -2.16. The zero-order valence-electron chi connectivity index (χ0n) is 14.0. The third-order valence-corrected chi connectivity index (χ3v) is 3.90. The van der Waals surface area contributed by atoms with Gasteiger partial charge in [-0.2, -0.15) is 0 Å². The summed E-state index contributed by atoms with van der Waals surface area (Å²) in [7, 11) is 2.05. The highest BCUT2D eigenvalue weighted by atomic mass is 16.1. The number of pyridine rings is 1. The van der Waals surface area contributed by atoms with Crippen LogP contribution in [0.5, 0.6) is 0 Å². The van der Waals surface area contributed by atoms with Crippen molar-refractivity contribution in [2.45, 2.75) is 26.2 Å². The van der Waals surface area contributed by atoms with Gasteiger partial charge in [-0.15, -0.1) is 0 Å². The molecule has 0 saturated carbocycles. The quantitative estimate of drug-likeness (QED) is 0.814. The average molecular weight is 311 g/mol. The standard InChI is InChI=1S/C19H25N3O/c1-3-16-4-6-18(7-5-16)21-19(23)11-15-22(2)14-10-17-8-12-20-13-9-17/h4-9,12-13H,3,10-11,14-15H2,1-2H3,(H,21,23). The van der Waals surface area contributed by atoms with E-state index in [2.05, 4.69) is 34.3 Å². The zero-order valence-corrected chi connectivity index (χ0v) is 14.0. The first kappa shape index (κ1) is 17.2. The molecule has 0 atom stereocenters. The lowest BCUT2D eigenvalue weighted by Crippen LogP contribution is -2.26. The van der Waals surface area contributed by atoms with Gasteiger partial charge in [0, 0.05) is 37.6 Å². The van der Waals surface area contributed by atoms with Gasteiger partial charge in [-0.05, 0) is 55.3 Å². The summed E-state index contributed by atoms with van der Waals surface area (Å²) in [5.74, 6) is 0.0602. The molecular formula is C19H25N3O. The van der Waals surface area contributed by atoms with E-state index >= 15 is 0 Å². The van der Waals surface area contributed by atoms with E-state index in [9.17, 15) is 4.79 Å². The molecule has 0 unspecified atom stereocenters. The molecule has 2 rings (SSSR count). The molecule has 1 heterocycles. The summed E-state index contributed by atoms with van der Waals surface area (Å²) in [6, 6.07) is 12.1. The normalized spacial score (nSPS) is 10.7. The Morgan fingerprint density at radius 1 is 1.04 bits per heavy atom. The van der Waals surface area contributed by atoms with Gasteiger partial charge in [0.15, 0.2) is 0 Å². The molecule has 1 amide bonds. The van der Waals surface area contributed by atoms with Gasteiger partial charge >= 0.3 is 0 Å².